The third kappa shape index (κ3) is 68.0. The fraction of sp³-hybridized carbons (Fsp3) is 1.00. The van der Waals surface area contributed by atoms with Gasteiger partial charge in [-0.05, 0) is 25.9 Å². The second-order valence-electron chi connectivity index (χ2n) is 23.7. The van der Waals surface area contributed by atoms with Crippen molar-refractivity contribution in [2.75, 3.05) is 13.1 Å². The van der Waals surface area contributed by atoms with Crippen LogP contribution in [0.2, 0.25) is 0 Å². The minimum absolute atomic E-state index is 1.25. The van der Waals surface area contributed by atoms with Gasteiger partial charge in [-0.3, -0.25) is 0 Å². The quantitative estimate of drug-likeness (QED) is 0.0599. The van der Waals surface area contributed by atoms with Crippen LogP contribution in [0.5, 0.6) is 0 Å². The first-order valence-electron chi connectivity index (χ1n) is 34.1. The molecule has 0 aromatic heterocycles. The highest BCUT2D eigenvalue weighted by Crippen LogP contribution is 2.19. The maximum absolute atomic E-state index is 3.73. The van der Waals surface area contributed by atoms with Crippen LogP contribution >= 0.6 is 0 Å². The van der Waals surface area contributed by atoms with E-state index < -0.39 is 0 Å². The zero-order valence-corrected chi connectivity index (χ0v) is 49.2. The van der Waals surface area contributed by atoms with E-state index in [1.54, 1.807) is 0 Å². The Morgan fingerprint density at radius 3 is 0.304 bits per heavy atom. The lowest BCUT2D eigenvalue weighted by molar-refractivity contribution is 0.508. The van der Waals surface area contributed by atoms with E-state index in [0.717, 1.165) is 0 Å². The van der Waals surface area contributed by atoms with Crippen LogP contribution in [-0.4, -0.2) is 13.1 Å². The molecular weight excluding hydrogens is 831 g/mol. The maximum Gasteiger partial charge on any atom is -0.00489 e. The first-order valence-corrected chi connectivity index (χ1v) is 34.1. The molecule has 0 aromatic carbocycles. The lowest BCUT2D eigenvalue weighted by Crippen LogP contribution is -2.16. The maximum atomic E-state index is 3.73. The molecule has 0 radical (unpaired) electrons. The summed E-state index contributed by atoms with van der Waals surface area (Å²) in [4.78, 5) is 0. The Labute approximate surface area is 441 Å². The van der Waals surface area contributed by atoms with Crippen LogP contribution in [0.1, 0.15) is 425 Å². The number of unbranched alkanes of at least 4 members (excludes halogenated alkanes) is 62. The zero-order valence-electron chi connectivity index (χ0n) is 49.2. The summed E-state index contributed by atoms with van der Waals surface area (Å²) in [6.45, 7) is 7.13. The van der Waals surface area contributed by atoms with Gasteiger partial charge >= 0.3 is 0 Å². The van der Waals surface area contributed by atoms with Gasteiger partial charge in [0.25, 0.3) is 0 Å². The van der Waals surface area contributed by atoms with E-state index in [1.165, 1.54) is 424 Å². The van der Waals surface area contributed by atoms with Gasteiger partial charge < -0.3 is 5.32 Å². The van der Waals surface area contributed by atoms with Gasteiger partial charge in [-0.2, -0.15) is 0 Å². The van der Waals surface area contributed by atoms with Crippen LogP contribution in [0.4, 0.5) is 0 Å². The Balaban J connectivity index is 3.07. The van der Waals surface area contributed by atoms with Gasteiger partial charge in [0.1, 0.15) is 0 Å². The highest BCUT2D eigenvalue weighted by molar-refractivity contribution is 4.57. The molecule has 0 unspecified atom stereocenters. The van der Waals surface area contributed by atoms with Gasteiger partial charge in [-0.1, -0.05) is 412 Å². The number of hydrogen-bond donors (Lipinski definition) is 1. The summed E-state index contributed by atoms with van der Waals surface area (Å²) in [5.41, 5.74) is 0. The zero-order chi connectivity index (χ0) is 49.4. The van der Waals surface area contributed by atoms with Gasteiger partial charge in [0.15, 0.2) is 0 Å². The van der Waals surface area contributed by atoms with E-state index in [-0.39, 0.29) is 0 Å². The van der Waals surface area contributed by atoms with Gasteiger partial charge in [0, 0.05) is 0 Å². The van der Waals surface area contributed by atoms with Crippen LogP contribution in [0.15, 0.2) is 0 Å². The molecular formula is C68H139N. The molecule has 0 saturated heterocycles. The SMILES string of the molecule is CCCCCCCCCCCCCCCCCCCCCCCCCCCCCCCCCCNCCCCCCCCCCCCCCCCCCCCCCCCCCCCCCCCCC. The van der Waals surface area contributed by atoms with Crippen molar-refractivity contribution in [1.29, 1.82) is 0 Å². The summed E-state index contributed by atoms with van der Waals surface area (Å²) in [5, 5.41) is 3.73. The lowest BCUT2D eigenvalue weighted by Gasteiger charge is -2.06. The number of hydrogen-bond acceptors (Lipinski definition) is 1. The molecule has 0 saturated carbocycles. The van der Waals surface area contributed by atoms with Gasteiger partial charge in [-0.15, -0.1) is 0 Å². The summed E-state index contributed by atoms with van der Waals surface area (Å²) < 4.78 is 0. The molecule has 0 rings (SSSR count). The molecule has 0 atom stereocenters. The molecule has 0 amide bonds. The topological polar surface area (TPSA) is 12.0 Å². The van der Waals surface area contributed by atoms with Crippen LogP contribution in [0.3, 0.4) is 0 Å². The average Bonchev–Trinajstić information content (AvgIpc) is 3.36. The van der Waals surface area contributed by atoms with Crippen LogP contribution < -0.4 is 5.32 Å². The normalized spacial score (nSPS) is 11.7. The molecule has 0 aliphatic carbocycles. The predicted octanol–water partition coefficient (Wildman–Crippen LogP) is 25.6. The standard InChI is InChI=1S/C68H139N/c1-3-5-7-9-11-13-15-17-19-21-23-25-27-29-31-33-35-37-39-41-43-45-47-49-51-53-55-57-59-61-63-65-67-69-68-66-64-62-60-58-56-54-52-50-48-46-44-42-40-38-36-34-32-30-28-26-24-22-20-18-16-14-12-10-8-6-4-2/h69H,3-68H2,1-2H3. The molecule has 0 bridgehead atoms. The third-order valence-corrected chi connectivity index (χ3v) is 16.4. The van der Waals surface area contributed by atoms with Crippen molar-refractivity contribution in [2.45, 2.75) is 425 Å². The van der Waals surface area contributed by atoms with E-state index in [1.807, 2.05) is 0 Å². The Morgan fingerprint density at radius 1 is 0.116 bits per heavy atom. The second kappa shape index (κ2) is 68.0. The molecule has 0 aliphatic heterocycles. The van der Waals surface area contributed by atoms with Crippen LogP contribution in [0.25, 0.3) is 0 Å². The molecule has 0 heterocycles. The lowest BCUT2D eigenvalue weighted by atomic mass is 10.0. The molecule has 0 spiro atoms. The summed E-state index contributed by atoms with van der Waals surface area (Å²) in [5.74, 6) is 0. The fourth-order valence-electron chi connectivity index (χ4n) is 11.4. The van der Waals surface area contributed by atoms with Gasteiger partial charge in [0.2, 0.25) is 0 Å². The van der Waals surface area contributed by atoms with Crippen molar-refractivity contribution in [3.63, 3.8) is 0 Å². The molecule has 69 heavy (non-hydrogen) atoms. The first-order chi connectivity index (χ1) is 34.4. The molecule has 0 aliphatic rings. The highest BCUT2D eigenvalue weighted by Gasteiger charge is 2.00. The van der Waals surface area contributed by atoms with E-state index in [0.29, 0.717) is 0 Å². The van der Waals surface area contributed by atoms with E-state index in [2.05, 4.69) is 19.2 Å². The van der Waals surface area contributed by atoms with E-state index in [9.17, 15) is 0 Å². The Hall–Kier alpha value is -0.0400. The number of nitrogens with one attached hydrogen (secondary N) is 1. The minimum Gasteiger partial charge on any atom is -0.317 e. The summed E-state index contributed by atoms with van der Waals surface area (Å²) in [7, 11) is 0. The molecule has 1 N–H and O–H groups in total. The summed E-state index contributed by atoms with van der Waals surface area (Å²) in [6.07, 6.45) is 94.6. The van der Waals surface area contributed by atoms with Crippen molar-refractivity contribution in [3.8, 4) is 0 Å². The molecule has 416 valence electrons. The highest BCUT2D eigenvalue weighted by atomic mass is 14.8. The van der Waals surface area contributed by atoms with Crippen molar-refractivity contribution in [1.82, 2.24) is 5.32 Å². The molecule has 1 heteroatoms. The van der Waals surface area contributed by atoms with Crippen molar-refractivity contribution in [2.24, 2.45) is 0 Å². The second-order valence-corrected chi connectivity index (χ2v) is 23.7. The predicted molar refractivity (Wildman–Crippen MR) is 320 cm³/mol. The Morgan fingerprint density at radius 2 is 0.203 bits per heavy atom. The monoisotopic (exact) mass is 970 g/mol. The molecule has 0 aromatic rings. The summed E-state index contributed by atoms with van der Waals surface area (Å²) >= 11 is 0. The van der Waals surface area contributed by atoms with Gasteiger partial charge in [0.05, 0.1) is 0 Å². The Bertz CT molecular complexity index is 754. The van der Waals surface area contributed by atoms with Crippen molar-refractivity contribution >= 4 is 0 Å². The van der Waals surface area contributed by atoms with E-state index >= 15 is 0 Å². The Kier molecular flexibility index (Phi) is 67.9. The van der Waals surface area contributed by atoms with Crippen LogP contribution in [-0.2, 0) is 0 Å². The van der Waals surface area contributed by atoms with E-state index in [4.69, 9.17) is 0 Å². The van der Waals surface area contributed by atoms with Crippen molar-refractivity contribution < 1.29 is 0 Å². The summed E-state index contributed by atoms with van der Waals surface area (Å²) in [6, 6.07) is 0. The molecule has 0 fully saturated rings. The molecule has 1 nitrogen and oxygen atoms in total. The van der Waals surface area contributed by atoms with Gasteiger partial charge in [-0.25, -0.2) is 0 Å². The van der Waals surface area contributed by atoms with Crippen molar-refractivity contribution in [3.05, 3.63) is 0 Å². The number of rotatable bonds is 66. The third-order valence-electron chi connectivity index (χ3n) is 16.4. The smallest absolute Gasteiger partial charge is 0.00489 e. The largest absolute Gasteiger partial charge is 0.317 e. The first kappa shape index (κ1) is 69.0. The average molecular weight is 971 g/mol. The fourth-order valence-corrected chi connectivity index (χ4v) is 11.4. The van der Waals surface area contributed by atoms with Crippen LogP contribution in [0, 0.1) is 0 Å². The minimum atomic E-state index is 1.25.